The summed E-state index contributed by atoms with van der Waals surface area (Å²) in [6.07, 6.45) is 5.46. The number of rotatable bonds is 1. The Hall–Kier alpha value is -1.06. The molecule has 1 aliphatic carbocycles. The van der Waals surface area contributed by atoms with Gasteiger partial charge in [-0.2, -0.15) is 0 Å². The first kappa shape index (κ1) is 14.5. The molecule has 3 heteroatoms. The molecule has 1 aromatic carbocycles. The van der Waals surface area contributed by atoms with Gasteiger partial charge in [-0.05, 0) is 68.8 Å². The van der Waals surface area contributed by atoms with Gasteiger partial charge in [-0.1, -0.05) is 12.8 Å². The van der Waals surface area contributed by atoms with Gasteiger partial charge < -0.3 is 4.90 Å². The molecule has 2 atom stereocenters. The Labute approximate surface area is 137 Å². The van der Waals surface area contributed by atoms with E-state index in [9.17, 15) is 0 Å². The fourth-order valence-electron chi connectivity index (χ4n) is 4.42. The number of nitrogens with zero attached hydrogens (tertiary/aromatic N) is 2. The third-order valence-corrected chi connectivity index (χ3v) is 6.77. The van der Waals surface area contributed by atoms with E-state index < -0.39 is 0 Å². The standard InChI is InChI=1S/C19H26N2S/c1-19(2)13-21(17-7-5-4-6-16(17)20(19)3)15-8-9-18-14(12-15)10-11-22-18/h8-12,16-17H,4-7,13H2,1-3H3. The number of hydrogen-bond donors (Lipinski definition) is 0. The van der Waals surface area contributed by atoms with Gasteiger partial charge in [0.1, 0.15) is 0 Å². The zero-order valence-corrected chi connectivity index (χ0v) is 14.7. The van der Waals surface area contributed by atoms with Gasteiger partial charge in [-0.3, -0.25) is 4.90 Å². The zero-order chi connectivity index (χ0) is 15.3. The molecule has 0 bridgehead atoms. The number of fused-ring (bicyclic) bond motifs is 2. The van der Waals surface area contributed by atoms with Gasteiger partial charge in [-0.25, -0.2) is 0 Å². The summed E-state index contributed by atoms with van der Waals surface area (Å²) in [5.74, 6) is 0. The average molecular weight is 314 g/mol. The van der Waals surface area contributed by atoms with E-state index in [1.165, 1.54) is 41.5 Å². The summed E-state index contributed by atoms with van der Waals surface area (Å²) in [5, 5.41) is 3.60. The molecule has 0 N–H and O–H groups in total. The minimum Gasteiger partial charge on any atom is -0.365 e. The van der Waals surface area contributed by atoms with E-state index in [2.05, 4.69) is 60.3 Å². The minimum atomic E-state index is 0.238. The van der Waals surface area contributed by atoms with Gasteiger partial charge in [0.25, 0.3) is 0 Å². The Morgan fingerprint density at radius 3 is 2.68 bits per heavy atom. The van der Waals surface area contributed by atoms with Crippen molar-refractivity contribution >= 4 is 27.1 Å². The molecule has 0 amide bonds. The predicted molar refractivity (Wildman–Crippen MR) is 97.1 cm³/mol. The van der Waals surface area contributed by atoms with Crippen molar-refractivity contribution in [3.63, 3.8) is 0 Å². The maximum Gasteiger partial charge on any atom is 0.0446 e. The summed E-state index contributed by atoms with van der Waals surface area (Å²) in [6.45, 7) is 5.92. The van der Waals surface area contributed by atoms with Crippen molar-refractivity contribution in [3.8, 4) is 0 Å². The second-order valence-corrected chi connectivity index (χ2v) is 8.56. The van der Waals surface area contributed by atoms with Crippen LogP contribution in [0.1, 0.15) is 39.5 Å². The van der Waals surface area contributed by atoms with Crippen molar-refractivity contribution in [3.05, 3.63) is 29.6 Å². The number of anilines is 1. The number of piperazine rings is 1. The van der Waals surface area contributed by atoms with Crippen LogP contribution in [0.15, 0.2) is 29.6 Å². The maximum absolute atomic E-state index is 2.71. The topological polar surface area (TPSA) is 6.48 Å². The van der Waals surface area contributed by atoms with Crippen LogP contribution in [0.25, 0.3) is 10.1 Å². The molecule has 1 aromatic heterocycles. The first-order valence-electron chi connectivity index (χ1n) is 8.53. The Balaban J connectivity index is 1.74. The fourth-order valence-corrected chi connectivity index (χ4v) is 5.19. The highest BCUT2D eigenvalue weighted by atomic mass is 32.1. The Morgan fingerprint density at radius 2 is 1.86 bits per heavy atom. The third kappa shape index (κ3) is 2.26. The minimum absolute atomic E-state index is 0.238. The lowest BCUT2D eigenvalue weighted by atomic mass is 9.81. The molecule has 0 spiro atoms. The van der Waals surface area contributed by atoms with Crippen LogP contribution in [-0.2, 0) is 0 Å². The van der Waals surface area contributed by atoms with E-state index in [1.807, 2.05) is 11.3 Å². The summed E-state index contributed by atoms with van der Waals surface area (Å²) in [7, 11) is 2.34. The SMILES string of the molecule is CN1C2CCCCC2N(c2ccc3sccc3c2)CC1(C)C. The van der Waals surface area contributed by atoms with Crippen LogP contribution >= 0.6 is 11.3 Å². The first-order valence-corrected chi connectivity index (χ1v) is 9.41. The average Bonchev–Trinajstić information content (AvgIpc) is 2.98. The lowest BCUT2D eigenvalue weighted by molar-refractivity contribution is 0.0337. The van der Waals surface area contributed by atoms with Crippen molar-refractivity contribution in [2.24, 2.45) is 0 Å². The van der Waals surface area contributed by atoms with Gasteiger partial charge in [0.05, 0.1) is 0 Å². The van der Waals surface area contributed by atoms with Gasteiger partial charge in [0.2, 0.25) is 0 Å². The molecule has 2 fully saturated rings. The maximum atomic E-state index is 2.71. The highest BCUT2D eigenvalue weighted by Crippen LogP contribution is 2.39. The molecule has 4 rings (SSSR count). The monoisotopic (exact) mass is 314 g/mol. The second-order valence-electron chi connectivity index (χ2n) is 7.61. The number of benzene rings is 1. The Kier molecular flexibility index (Phi) is 3.46. The highest BCUT2D eigenvalue weighted by Gasteiger charge is 2.44. The van der Waals surface area contributed by atoms with Crippen LogP contribution in [0, 0.1) is 0 Å². The molecular weight excluding hydrogens is 288 g/mol. The molecule has 118 valence electrons. The summed E-state index contributed by atoms with van der Waals surface area (Å²) < 4.78 is 1.40. The van der Waals surface area contributed by atoms with Crippen LogP contribution < -0.4 is 4.90 Å². The van der Waals surface area contributed by atoms with Crippen molar-refractivity contribution in [1.82, 2.24) is 4.90 Å². The molecule has 2 nitrogen and oxygen atoms in total. The highest BCUT2D eigenvalue weighted by molar-refractivity contribution is 7.17. The Morgan fingerprint density at radius 1 is 1.09 bits per heavy atom. The van der Waals surface area contributed by atoms with Crippen molar-refractivity contribution in [2.75, 3.05) is 18.5 Å². The van der Waals surface area contributed by atoms with Crippen molar-refractivity contribution < 1.29 is 0 Å². The van der Waals surface area contributed by atoms with Crippen LogP contribution in [0.4, 0.5) is 5.69 Å². The third-order valence-electron chi connectivity index (χ3n) is 5.87. The summed E-state index contributed by atoms with van der Waals surface area (Å²) in [6, 6.07) is 10.7. The van der Waals surface area contributed by atoms with Crippen LogP contribution in [0.3, 0.4) is 0 Å². The van der Waals surface area contributed by atoms with Gasteiger partial charge >= 0.3 is 0 Å². The molecular formula is C19H26N2S. The summed E-state index contributed by atoms with van der Waals surface area (Å²) in [4.78, 5) is 5.36. The molecule has 2 aliphatic rings. The zero-order valence-electron chi connectivity index (χ0n) is 13.9. The van der Waals surface area contributed by atoms with E-state index in [-0.39, 0.29) is 5.54 Å². The molecule has 2 heterocycles. The van der Waals surface area contributed by atoms with Crippen LogP contribution in [0.2, 0.25) is 0 Å². The lowest BCUT2D eigenvalue weighted by Gasteiger charge is -2.57. The normalized spacial score (nSPS) is 28.8. The fraction of sp³-hybridized carbons (Fsp3) is 0.579. The largest absolute Gasteiger partial charge is 0.365 e. The summed E-state index contributed by atoms with van der Waals surface area (Å²) in [5.41, 5.74) is 1.66. The van der Waals surface area contributed by atoms with E-state index in [0.29, 0.717) is 12.1 Å². The number of likely N-dealkylation sites (N-methyl/N-ethyl adjacent to an activating group) is 1. The van der Waals surface area contributed by atoms with Gasteiger partial charge in [0.15, 0.2) is 0 Å². The van der Waals surface area contributed by atoms with Crippen molar-refractivity contribution in [1.29, 1.82) is 0 Å². The van der Waals surface area contributed by atoms with E-state index in [0.717, 1.165) is 6.54 Å². The molecule has 2 unspecified atom stereocenters. The number of thiophene rings is 1. The molecule has 1 saturated heterocycles. The predicted octanol–water partition coefficient (Wildman–Crippen LogP) is 4.74. The van der Waals surface area contributed by atoms with Crippen molar-refractivity contribution in [2.45, 2.75) is 57.2 Å². The molecule has 1 aliphatic heterocycles. The van der Waals surface area contributed by atoms with Crippen LogP contribution in [0.5, 0.6) is 0 Å². The number of hydrogen-bond acceptors (Lipinski definition) is 3. The lowest BCUT2D eigenvalue weighted by Crippen LogP contribution is -2.67. The van der Waals surface area contributed by atoms with Crippen LogP contribution in [-0.4, -0.2) is 36.1 Å². The van der Waals surface area contributed by atoms with E-state index in [1.54, 1.807) is 0 Å². The van der Waals surface area contributed by atoms with Gasteiger partial charge in [0, 0.05) is 34.6 Å². The molecule has 2 aromatic rings. The summed E-state index contributed by atoms with van der Waals surface area (Å²) >= 11 is 1.84. The molecule has 0 radical (unpaired) electrons. The molecule has 22 heavy (non-hydrogen) atoms. The first-order chi connectivity index (χ1) is 10.6. The Bertz CT molecular complexity index is 675. The molecule has 1 saturated carbocycles. The quantitative estimate of drug-likeness (QED) is 0.750. The smallest absolute Gasteiger partial charge is 0.0446 e. The van der Waals surface area contributed by atoms with E-state index in [4.69, 9.17) is 0 Å². The van der Waals surface area contributed by atoms with Gasteiger partial charge in [-0.15, -0.1) is 11.3 Å². The second kappa shape index (κ2) is 5.24. The van der Waals surface area contributed by atoms with E-state index >= 15 is 0 Å².